The summed E-state index contributed by atoms with van der Waals surface area (Å²) in [7, 11) is -1.20. The van der Waals surface area contributed by atoms with Crippen molar-refractivity contribution in [3.8, 4) is 17.2 Å². The summed E-state index contributed by atoms with van der Waals surface area (Å²) in [5.41, 5.74) is 4.45. The first-order valence-electron chi connectivity index (χ1n) is 7.95. The minimum absolute atomic E-state index is 0.00424. The monoisotopic (exact) mass is 320 g/mol. The average Bonchev–Trinajstić information content (AvgIpc) is 2.42. The summed E-state index contributed by atoms with van der Waals surface area (Å²) >= 11 is 0. The quantitative estimate of drug-likeness (QED) is 0.650. The van der Waals surface area contributed by atoms with E-state index in [-0.39, 0.29) is 12.0 Å². The van der Waals surface area contributed by atoms with Crippen molar-refractivity contribution in [2.45, 2.75) is 59.2 Å². The molecule has 2 nitrogen and oxygen atoms in total. The fraction of sp³-hybridized carbons (Fsp3) is 0.579. The SMILES string of the molecule is CCCOc1ccccc1C(C)(C)C.C[Si](C)(C)C#CCO. The van der Waals surface area contributed by atoms with Crippen molar-refractivity contribution < 1.29 is 9.84 Å². The summed E-state index contributed by atoms with van der Waals surface area (Å²) in [6.45, 7) is 16.0. The van der Waals surface area contributed by atoms with Gasteiger partial charge in [0.15, 0.2) is 0 Å². The van der Waals surface area contributed by atoms with Crippen LogP contribution in [0.5, 0.6) is 5.75 Å². The second-order valence-electron chi connectivity index (χ2n) is 7.30. The molecule has 1 rings (SSSR count). The number of aliphatic hydroxyl groups is 1. The Morgan fingerprint density at radius 1 is 1.14 bits per heavy atom. The molecular formula is C19H32O2Si. The Balaban J connectivity index is 0.000000472. The van der Waals surface area contributed by atoms with E-state index in [1.807, 2.05) is 6.07 Å². The number of hydrogen-bond acceptors (Lipinski definition) is 2. The maximum Gasteiger partial charge on any atom is 0.129 e. The first-order chi connectivity index (χ1) is 10.1. The van der Waals surface area contributed by atoms with Crippen LogP contribution in [0.15, 0.2) is 24.3 Å². The van der Waals surface area contributed by atoms with Gasteiger partial charge in [0.1, 0.15) is 20.4 Å². The molecule has 0 saturated carbocycles. The summed E-state index contributed by atoms with van der Waals surface area (Å²) < 4.78 is 5.71. The van der Waals surface area contributed by atoms with Crippen molar-refractivity contribution in [2.24, 2.45) is 0 Å². The van der Waals surface area contributed by atoms with Gasteiger partial charge in [-0.3, -0.25) is 0 Å². The molecule has 0 aliphatic heterocycles. The van der Waals surface area contributed by atoms with Crippen molar-refractivity contribution in [2.75, 3.05) is 13.2 Å². The van der Waals surface area contributed by atoms with Gasteiger partial charge >= 0.3 is 0 Å². The van der Waals surface area contributed by atoms with Crippen LogP contribution in [0.2, 0.25) is 19.6 Å². The number of rotatable bonds is 3. The molecule has 0 spiro atoms. The Labute approximate surface area is 137 Å². The van der Waals surface area contributed by atoms with Gasteiger partial charge in [-0.1, -0.05) is 71.5 Å². The molecule has 3 heteroatoms. The zero-order valence-corrected chi connectivity index (χ0v) is 16.3. The molecule has 0 atom stereocenters. The maximum atomic E-state index is 8.28. The van der Waals surface area contributed by atoms with Crippen molar-refractivity contribution in [1.82, 2.24) is 0 Å². The Kier molecular flexibility index (Phi) is 9.16. The van der Waals surface area contributed by atoms with E-state index in [0.717, 1.165) is 18.8 Å². The van der Waals surface area contributed by atoms with Gasteiger partial charge in [-0.05, 0) is 23.5 Å². The molecular weight excluding hydrogens is 288 g/mol. The molecule has 0 aliphatic rings. The third-order valence-electron chi connectivity index (χ3n) is 2.70. The van der Waals surface area contributed by atoms with Crippen LogP contribution < -0.4 is 4.74 Å². The molecule has 0 heterocycles. The number of benzene rings is 1. The predicted octanol–water partition coefficient (Wildman–Crippen LogP) is 4.63. The highest BCUT2D eigenvalue weighted by molar-refractivity contribution is 6.83. The molecule has 0 aromatic heterocycles. The van der Waals surface area contributed by atoms with Crippen LogP contribution >= 0.6 is 0 Å². The molecule has 0 radical (unpaired) electrons. The number of ether oxygens (including phenoxy) is 1. The number of aliphatic hydroxyl groups excluding tert-OH is 1. The van der Waals surface area contributed by atoms with Gasteiger partial charge in [-0.2, -0.15) is 0 Å². The maximum absolute atomic E-state index is 8.28. The van der Waals surface area contributed by atoms with E-state index in [0.29, 0.717) is 0 Å². The van der Waals surface area contributed by atoms with Gasteiger partial charge < -0.3 is 9.84 Å². The highest BCUT2D eigenvalue weighted by Crippen LogP contribution is 2.30. The number of hydrogen-bond donors (Lipinski definition) is 1. The van der Waals surface area contributed by atoms with E-state index < -0.39 is 8.07 Å². The van der Waals surface area contributed by atoms with Crippen LogP contribution in [0, 0.1) is 11.5 Å². The van der Waals surface area contributed by atoms with Crippen molar-refractivity contribution in [3.05, 3.63) is 29.8 Å². The molecule has 22 heavy (non-hydrogen) atoms. The van der Waals surface area contributed by atoms with Gasteiger partial charge in [0, 0.05) is 0 Å². The summed E-state index contributed by atoms with van der Waals surface area (Å²) in [5.74, 6) is 3.68. The fourth-order valence-electron chi connectivity index (χ4n) is 1.73. The molecule has 1 aromatic carbocycles. The van der Waals surface area contributed by atoms with E-state index in [1.54, 1.807) is 0 Å². The third-order valence-corrected chi connectivity index (χ3v) is 3.63. The first-order valence-corrected chi connectivity index (χ1v) is 11.4. The van der Waals surface area contributed by atoms with Crippen molar-refractivity contribution in [3.63, 3.8) is 0 Å². The van der Waals surface area contributed by atoms with E-state index in [1.165, 1.54) is 5.56 Å². The molecule has 0 bridgehead atoms. The van der Waals surface area contributed by atoms with Crippen molar-refractivity contribution in [1.29, 1.82) is 0 Å². The van der Waals surface area contributed by atoms with Gasteiger partial charge in [0.05, 0.1) is 6.61 Å². The lowest BCUT2D eigenvalue weighted by molar-refractivity contribution is 0.308. The Morgan fingerprint density at radius 3 is 2.14 bits per heavy atom. The standard InChI is InChI=1S/C13H20O.C6H12OSi/c1-5-10-14-12-9-7-6-8-11(12)13(2,3)4;1-8(2,3)6-4-5-7/h6-9H,5,10H2,1-4H3;7H,5H2,1-3H3. The second kappa shape index (κ2) is 9.71. The highest BCUT2D eigenvalue weighted by Gasteiger charge is 2.17. The normalized spacial score (nSPS) is 10.9. The fourth-order valence-corrected chi connectivity index (χ4v) is 2.34. The molecule has 0 saturated heterocycles. The predicted molar refractivity (Wildman–Crippen MR) is 99.1 cm³/mol. The lowest BCUT2D eigenvalue weighted by Gasteiger charge is -2.22. The van der Waals surface area contributed by atoms with Gasteiger partial charge in [-0.25, -0.2) is 0 Å². The summed E-state index contributed by atoms with van der Waals surface area (Å²) in [6.07, 6.45) is 1.05. The minimum atomic E-state index is -1.20. The summed E-state index contributed by atoms with van der Waals surface area (Å²) in [4.78, 5) is 0. The second-order valence-corrected chi connectivity index (χ2v) is 12.1. The third kappa shape index (κ3) is 9.65. The molecule has 0 fully saturated rings. The highest BCUT2D eigenvalue weighted by atomic mass is 28.3. The Morgan fingerprint density at radius 2 is 1.73 bits per heavy atom. The van der Waals surface area contributed by atoms with Crippen LogP contribution in [0.1, 0.15) is 39.7 Å². The van der Waals surface area contributed by atoms with E-state index in [4.69, 9.17) is 9.84 Å². The van der Waals surface area contributed by atoms with E-state index in [9.17, 15) is 0 Å². The smallest absolute Gasteiger partial charge is 0.129 e. The summed E-state index contributed by atoms with van der Waals surface area (Å²) in [5, 5.41) is 8.28. The molecule has 0 aliphatic carbocycles. The van der Waals surface area contributed by atoms with Crippen LogP contribution in [-0.2, 0) is 5.41 Å². The van der Waals surface area contributed by atoms with E-state index >= 15 is 0 Å². The Hall–Kier alpha value is -1.24. The zero-order valence-electron chi connectivity index (χ0n) is 15.3. The zero-order chi connectivity index (χ0) is 17.2. The first kappa shape index (κ1) is 20.8. The van der Waals surface area contributed by atoms with Gasteiger partial charge in [0.25, 0.3) is 0 Å². The van der Waals surface area contributed by atoms with Crippen LogP contribution in [-0.4, -0.2) is 26.4 Å². The molecule has 1 aromatic rings. The largest absolute Gasteiger partial charge is 0.493 e. The topological polar surface area (TPSA) is 29.5 Å². The lowest BCUT2D eigenvalue weighted by atomic mass is 9.86. The van der Waals surface area contributed by atoms with Crippen molar-refractivity contribution >= 4 is 8.07 Å². The Bertz CT molecular complexity index is 485. The number of para-hydroxylation sites is 1. The molecule has 124 valence electrons. The summed E-state index contributed by atoms with van der Waals surface area (Å²) in [6, 6.07) is 8.29. The van der Waals surface area contributed by atoms with Gasteiger partial charge in [0.2, 0.25) is 0 Å². The molecule has 1 N–H and O–H groups in total. The molecule has 0 amide bonds. The molecule has 0 unspecified atom stereocenters. The van der Waals surface area contributed by atoms with Crippen LogP contribution in [0.3, 0.4) is 0 Å². The lowest BCUT2D eigenvalue weighted by Crippen LogP contribution is -2.16. The minimum Gasteiger partial charge on any atom is -0.493 e. The average molecular weight is 321 g/mol. The van der Waals surface area contributed by atoms with Crippen LogP contribution in [0.4, 0.5) is 0 Å². The van der Waals surface area contributed by atoms with Crippen LogP contribution in [0.25, 0.3) is 0 Å². The van der Waals surface area contributed by atoms with E-state index in [2.05, 4.69) is 77.0 Å². The van der Waals surface area contributed by atoms with Gasteiger partial charge in [-0.15, -0.1) is 5.54 Å².